The van der Waals surface area contributed by atoms with Gasteiger partial charge in [0.25, 0.3) is 0 Å². The van der Waals surface area contributed by atoms with Gasteiger partial charge in [-0.1, -0.05) is 12.1 Å². The summed E-state index contributed by atoms with van der Waals surface area (Å²) in [5, 5.41) is 10.3. The summed E-state index contributed by atoms with van der Waals surface area (Å²) in [6.07, 6.45) is 2.51. The predicted octanol–water partition coefficient (Wildman–Crippen LogP) is 3.10. The summed E-state index contributed by atoms with van der Waals surface area (Å²) in [5.41, 5.74) is 4.63. The van der Waals surface area contributed by atoms with Crippen molar-refractivity contribution in [3.63, 3.8) is 0 Å². The van der Waals surface area contributed by atoms with Crippen LogP contribution in [0.1, 0.15) is 30.2 Å². The molecule has 1 aromatic heterocycles. The second-order valence-corrected chi connectivity index (χ2v) is 6.79. The van der Waals surface area contributed by atoms with Crippen LogP contribution in [0.3, 0.4) is 0 Å². The van der Waals surface area contributed by atoms with Gasteiger partial charge in [-0.15, -0.1) is 0 Å². The zero-order valence-electron chi connectivity index (χ0n) is 14.6. The molecule has 128 valence electrons. The molecular weight excluding hydrogens is 304 g/mol. The molecule has 1 fully saturated rings. The van der Waals surface area contributed by atoms with Crippen molar-refractivity contribution < 1.29 is 9.53 Å². The van der Waals surface area contributed by atoms with Crippen LogP contribution >= 0.6 is 0 Å². The molecular formula is C18H24N4O2. The molecule has 0 unspecified atom stereocenters. The van der Waals surface area contributed by atoms with Gasteiger partial charge in [-0.3, -0.25) is 0 Å². The van der Waals surface area contributed by atoms with Crippen molar-refractivity contribution in [1.82, 2.24) is 15.1 Å². The van der Waals surface area contributed by atoms with Crippen molar-refractivity contribution >= 4 is 11.7 Å². The second-order valence-electron chi connectivity index (χ2n) is 6.79. The van der Waals surface area contributed by atoms with E-state index in [4.69, 9.17) is 4.74 Å². The van der Waals surface area contributed by atoms with Gasteiger partial charge in [0.1, 0.15) is 0 Å². The molecule has 3 rings (SSSR count). The molecule has 0 radical (unpaired) electrons. The van der Waals surface area contributed by atoms with E-state index in [1.165, 1.54) is 5.56 Å². The molecule has 1 saturated heterocycles. The van der Waals surface area contributed by atoms with Gasteiger partial charge < -0.3 is 15.4 Å². The van der Waals surface area contributed by atoms with E-state index in [-0.39, 0.29) is 11.6 Å². The minimum atomic E-state index is -0.304. The molecule has 0 spiro atoms. The number of carbonyl (C=O) groups excluding carboxylic acids is 1. The number of nitrogens with zero attached hydrogens (tertiary/aromatic N) is 2. The number of aryl methyl sites for hydroxylation is 2. The fourth-order valence-corrected chi connectivity index (χ4v) is 2.92. The number of ether oxygens (including phenoxy) is 1. The van der Waals surface area contributed by atoms with Crippen LogP contribution in [0.15, 0.2) is 24.4 Å². The molecule has 6 nitrogen and oxygen atoms in total. The monoisotopic (exact) mass is 328 g/mol. The lowest BCUT2D eigenvalue weighted by atomic mass is 10.0. The number of carbonyl (C=O) groups is 1. The molecule has 1 aliphatic rings. The number of urea groups is 1. The third-order valence-corrected chi connectivity index (χ3v) is 4.48. The Kier molecular flexibility index (Phi) is 4.32. The van der Waals surface area contributed by atoms with Crippen LogP contribution in [-0.4, -0.2) is 34.6 Å². The van der Waals surface area contributed by atoms with Crippen molar-refractivity contribution in [3.8, 4) is 5.69 Å². The Hall–Kier alpha value is -2.34. The largest absolute Gasteiger partial charge is 0.379 e. The maximum absolute atomic E-state index is 12.3. The van der Waals surface area contributed by atoms with Crippen molar-refractivity contribution in [3.05, 3.63) is 41.2 Å². The van der Waals surface area contributed by atoms with Crippen LogP contribution in [0, 0.1) is 20.8 Å². The van der Waals surface area contributed by atoms with E-state index in [1.807, 2.05) is 18.5 Å². The number of rotatable bonds is 3. The Balaban J connectivity index is 1.77. The Morgan fingerprint density at radius 1 is 1.33 bits per heavy atom. The average Bonchev–Trinajstić information content (AvgIpc) is 3.09. The molecule has 2 heterocycles. The summed E-state index contributed by atoms with van der Waals surface area (Å²) in [7, 11) is 0. The molecule has 1 aromatic carbocycles. The zero-order valence-corrected chi connectivity index (χ0v) is 14.6. The standard InChI is InChI=1S/C18H24N4O2/c1-12-5-6-13(2)16(9-12)22-14(3)15(10-19-22)20-17(23)21-18(4)7-8-24-11-18/h5-6,9-10H,7-8,11H2,1-4H3,(H2,20,21,23)/t18-/m0/s1. The van der Waals surface area contributed by atoms with E-state index in [0.717, 1.165) is 23.4 Å². The van der Waals surface area contributed by atoms with Gasteiger partial charge in [0.05, 0.1) is 35.4 Å². The predicted molar refractivity (Wildman–Crippen MR) is 93.8 cm³/mol. The number of aromatic nitrogens is 2. The molecule has 6 heteroatoms. The van der Waals surface area contributed by atoms with Gasteiger partial charge in [-0.2, -0.15) is 5.10 Å². The first-order valence-electron chi connectivity index (χ1n) is 8.17. The van der Waals surface area contributed by atoms with Crippen LogP contribution < -0.4 is 10.6 Å². The summed E-state index contributed by atoms with van der Waals surface area (Å²) in [5.74, 6) is 0. The first-order valence-corrected chi connectivity index (χ1v) is 8.17. The number of benzene rings is 1. The van der Waals surface area contributed by atoms with Crippen LogP contribution in [0.2, 0.25) is 0 Å². The zero-order chi connectivity index (χ0) is 17.3. The number of hydrogen-bond donors (Lipinski definition) is 2. The number of nitrogens with one attached hydrogen (secondary N) is 2. The van der Waals surface area contributed by atoms with Crippen molar-refractivity contribution in [2.45, 2.75) is 39.7 Å². The molecule has 1 aliphatic heterocycles. The van der Waals surface area contributed by atoms with E-state index in [9.17, 15) is 4.79 Å². The van der Waals surface area contributed by atoms with E-state index in [2.05, 4.69) is 47.8 Å². The second kappa shape index (κ2) is 6.28. The minimum Gasteiger partial charge on any atom is -0.379 e. The molecule has 0 saturated carbocycles. The van der Waals surface area contributed by atoms with Crippen LogP contribution in [-0.2, 0) is 4.74 Å². The first-order chi connectivity index (χ1) is 11.4. The van der Waals surface area contributed by atoms with Crippen molar-refractivity contribution in [2.75, 3.05) is 18.5 Å². The first kappa shape index (κ1) is 16.5. The SMILES string of the molecule is Cc1ccc(C)c(-n2ncc(NC(=O)N[C@@]3(C)CCOC3)c2C)c1. The number of amides is 2. The molecule has 2 N–H and O–H groups in total. The molecule has 0 bridgehead atoms. The highest BCUT2D eigenvalue weighted by molar-refractivity contribution is 5.90. The lowest BCUT2D eigenvalue weighted by Gasteiger charge is -2.23. The molecule has 2 amide bonds. The third kappa shape index (κ3) is 3.28. The third-order valence-electron chi connectivity index (χ3n) is 4.48. The van der Waals surface area contributed by atoms with Crippen LogP contribution in [0.25, 0.3) is 5.69 Å². The van der Waals surface area contributed by atoms with Crippen molar-refractivity contribution in [2.24, 2.45) is 0 Å². The highest BCUT2D eigenvalue weighted by Crippen LogP contribution is 2.22. The van der Waals surface area contributed by atoms with E-state index >= 15 is 0 Å². The molecule has 24 heavy (non-hydrogen) atoms. The van der Waals surface area contributed by atoms with Crippen LogP contribution in [0.5, 0.6) is 0 Å². The highest BCUT2D eigenvalue weighted by Gasteiger charge is 2.31. The fraction of sp³-hybridized carbons (Fsp3) is 0.444. The summed E-state index contributed by atoms with van der Waals surface area (Å²) >= 11 is 0. The number of anilines is 1. The lowest BCUT2D eigenvalue weighted by Crippen LogP contribution is -2.48. The summed E-state index contributed by atoms with van der Waals surface area (Å²) < 4.78 is 7.22. The lowest BCUT2D eigenvalue weighted by molar-refractivity contribution is 0.172. The van der Waals surface area contributed by atoms with Crippen LogP contribution in [0.4, 0.5) is 10.5 Å². The minimum absolute atomic E-state index is 0.230. The molecule has 1 atom stereocenters. The van der Waals surface area contributed by atoms with Gasteiger partial charge in [-0.05, 0) is 51.3 Å². The Labute approximate surface area is 142 Å². The van der Waals surface area contributed by atoms with Gasteiger partial charge >= 0.3 is 6.03 Å². The van der Waals surface area contributed by atoms with E-state index in [1.54, 1.807) is 6.20 Å². The molecule has 0 aliphatic carbocycles. The topological polar surface area (TPSA) is 68.2 Å². The molecule has 2 aromatic rings. The highest BCUT2D eigenvalue weighted by atomic mass is 16.5. The Morgan fingerprint density at radius 3 is 2.83 bits per heavy atom. The van der Waals surface area contributed by atoms with Crippen molar-refractivity contribution in [1.29, 1.82) is 0 Å². The van der Waals surface area contributed by atoms with Gasteiger partial charge in [0, 0.05) is 6.61 Å². The Bertz CT molecular complexity index is 760. The fourth-order valence-electron chi connectivity index (χ4n) is 2.92. The number of hydrogen-bond acceptors (Lipinski definition) is 3. The van der Waals surface area contributed by atoms with Gasteiger partial charge in [0.2, 0.25) is 0 Å². The van der Waals surface area contributed by atoms with E-state index in [0.29, 0.717) is 18.9 Å². The normalized spacial score (nSPS) is 20.2. The summed E-state index contributed by atoms with van der Waals surface area (Å²) in [4.78, 5) is 12.3. The van der Waals surface area contributed by atoms with E-state index < -0.39 is 0 Å². The smallest absolute Gasteiger partial charge is 0.319 e. The summed E-state index contributed by atoms with van der Waals surface area (Å²) in [6.45, 7) is 9.27. The maximum atomic E-state index is 12.3. The van der Waals surface area contributed by atoms with Gasteiger partial charge in [0.15, 0.2) is 0 Å². The average molecular weight is 328 g/mol. The summed E-state index contributed by atoms with van der Waals surface area (Å²) in [6, 6.07) is 6.02. The Morgan fingerprint density at radius 2 is 2.12 bits per heavy atom. The van der Waals surface area contributed by atoms with Gasteiger partial charge in [-0.25, -0.2) is 9.48 Å². The maximum Gasteiger partial charge on any atom is 0.319 e. The quantitative estimate of drug-likeness (QED) is 0.910.